The number of halogens is 1. The standard InChI is InChI=1S/C16H18FNO2/c1-16(2)10-14(16)18-15(20)12-9-11(5-3-4-8-19)6-7-13(12)17/h6-7,9,14,19H,4,8,10H2,1-2H3,(H,18,20). The number of benzene rings is 1. The van der Waals surface area contributed by atoms with Gasteiger partial charge in [0.05, 0.1) is 12.2 Å². The number of rotatable bonds is 3. The lowest BCUT2D eigenvalue weighted by Crippen LogP contribution is -2.29. The summed E-state index contributed by atoms with van der Waals surface area (Å²) in [5.74, 6) is 4.60. The smallest absolute Gasteiger partial charge is 0.254 e. The Bertz CT molecular complexity index is 584. The van der Waals surface area contributed by atoms with Gasteiger partial charge in [-0.3, -0.25) is 4.79 Å². The maximum absolute atomic E-state index is 13.7. The molecule has 1 aliphatic carbocycles. The Morgan fingerprint density at radius 2 is 2.25 bits per heavy atom. The van der Waals surface area contributed by atoms with Crippen molar-refractivity contribution in [3.63, 3.8) is 0 Å². The van der Waals surface area contributed by atoms with E-state index in [-0.39, 0.29) is 23.6 Å². The lowest BCUT2D eigenvalue weighted by molar-refractivity contribution is 0.0942. The van der Waals surface area contributed by atoms with Crippen molar-refractivity contribution < 1.29 is 14.3 Å². The first-order valence-electron chi connectivity index (χ1n) is 6.64. The zero-order chi connectivity index (χ0) is 14.8. The highest BCUT2D eigenvalue weighted by atomic mass is 19.1. The number of amides is 1. The fraction of sp³-hybridized carbons (Fsp3) is 0.438. The highest BCUT2D eigenvalue weighted by Gasteiger charge is 2.46. The third-order valence-corrected chi connectivity index (χ3v) is 3.50. The van der Waals surface area contributed by atoms with Crippen molar-refractivity contribution in [1.82, 2.24) is 5.32 Å². The number of carbonyl (C=O) groups excluding carboxylic acids is 1. The summed E-state index contributed by atoms with van der Waals surface area (Å²) < 4.78 is 13.7. The molecule has 0 heterocycles. The van der Waals surface area contributed by atoms with Gasteiger partial charge in [-0.1, -0.05) is 25.7 Å². The van der Waals surface area contributed by atoms with Gasteiger partial charge in [-0.05, 0) is 30.0 Å². The molecule has 1 saturated carbocycles. The first kappa shape index (κ1) is 14.5. The second-order valence-corrected chi connectivity index (χ2v) is 5.69. The van der Waals surface area contributed by atoms with Crippen LogP contribution in [0.25, 0.3) is 0 Å². The zero-order valence-electron chi connectivity index (χ0n) is 11.7. The molecule has 1 unspecified atom stereocenters. The Labute approximate surface area is 118 Å². The van der Waals surface area contributed by atoms with Crippen LogP contribution in [0.5, 0.6) is 0 Å². The second-order valence-electron chi connectivity index (χ2n) is 5.69. The van der Waals surface area contributed by atoms with E-state index in [1.807, 2.05) is 0 Å². The van der Waals surface area contributed by atoms with Gasteiger partial charge in [0.15, 0.2) is 0 Å². The number of carbonyl (C=O) groups is 1. The average Bonchev–Trinajstić information content (AvgIpc) is 2.98. The Morgan fingerprint density at radius 3 is 2.85 bits per heavy atom. The lowest BCUT2D eigenvalue weighted by Gasteiger charge is -2.08. The summed E-state index contributed by atoms with van der Waals surface area (Å²) in [5, 5.41) is 11.5. The normalized spacial score (nSPS) is 18.9. The number of aliphatic hydroxyl groups excluding tert-OH is 1. The van der Waals surface area contributed by atoms with Crippen molar-refractivity contribution in [1.29, 1.82) is 0 Å². The van der Waals surface area contributed by atoms with Gasteiger partial charge in [0.1, 0.15) is 5.82 Å². The van der Waals surface area contributed by atoms with E-state index in [9.17, 15) is 9.18 Å². The van der Waals surface area contributed by atoms with E-state index in [4.69, 9.17) is 5.11 Å². The molecule has 0 aromatic heterocycles. The molecular formula is C16H18FNO2. The molecule has 20 heavy (non-hydrogen) atoms. The van der Waals surface area contributed by atoms with E-state index in [1.165, 1.54) is 18.2 Å². The van der Waals surface area contributed by atoms with Crippen LogP contribution in [0.4, 0.5) is 4.39 Å². The summed E-state index contributed by atoms with van der Waals surface area (Å²) in [7, 11) is 0. The fourth-order valence-corrected chi connectivity index (χ4v) is 1.95. The third-order valence-electron chi connectivity index (χ3n) is 3.50. The summed E-state index contributed by atoms with van der Waals surface area (Å²) in [6.07, 6.45) is 1.27. The molecule has 1 amide bonds. The molecule has 0 saturated heterocycles. The number of aliphatic hydroxyl groups is 1. The van der Waals surface area contributed by atoms with Gasteiger partial charge in [-0.25, -0.2) is 4.39 Å². The average molecular weight is 275 g/mol. The Hall–Kier alpha value is -1.86. The van der Waals surface area contributed by atoms with E-state index in [1.54, 1.807) is 0 Å². The predicted molar refractivity (Wildman–Crippen MR) is 74.6 cm³/mol. The molecule has 1 aromatic rings. The Balaban J connectivity index is 2.12. The Kier molecular flexibility index (Phi) is 4.10. The molecule has 4 heteroatoms. The summed E-state index contributed by atoms with van der Waals surface area (Å²) >= 11 is 0. The second kappa shape index (κ2) is 5.64. The molecule has 0 spiro atoms. The van der Waals surface area contributed by atoms with Gasteiger partial charge < -0.3 is 10.4 Å². The van der Waals surface area contributed by atoms with E-state index in [2.05, 4.69) is 31.0 Å². The Morgan fingerprint density at radius 1 is 1.55 bits per heavy atom. The van der Waals surface area contributed by atoms with Crippen molar-refractivity contribution >= 4 is 5.91 Å². The summed E-state index contributed by atoms with van der Waals surface area (Å²) in [5.41, 5.74) is 0.688. The molecule has 1 aromatic carbocycles. The van der Waals surface area contributed by atoms with Gasteiger partial charge in [0, 0.05) is 18.0 Å². The molecule has 2 N–H and O–H groups in total. The highest BCUT2D eigenvalue weighted by Crippen LogP contribution is 2.44. The first-order valence-corrected chi connectivity index (χ1v) is 6.64. The number of hydrogen-bond acceptors (Lipinski definition) is 2. The molecule has 0 bridgehead atoms. The van der Waals surface area contributed by atoms with Crippen LogP contribution >= 0.6 is 0 Å². The fourth-order valence-electron chi connectivity index (χ4n) is 1.95. The van der Waals surface area contributed by atoms with Crippen LogP contribution in [-0.4, -0.2) is 23.7 Å². The molecular weight excluding hydrogens is 257 g/mol. The summed E-state index contributed by atoms with van der Waals surface area (Å²) in [6, 6.07) is 4.33. The van der Waals surface area contributed by atoms with Crippen molar-refractivity contribution in [2.75, 3.05) is 6.61 Å². The van der Waals surface area contributed by atoms with Gasteiger partial charge in [-0.2, -0.15) is 0 Å². The van der Waals surface area contributed by atoms with Crippen molar-refractivity contribution in [2.45, 2.75) is 32.7 Å². The maximum Gasteiger partial charge on any atom is 0.254 e. The van der Waals surface area contributed by atoms with Gasteiger partial charge in [0.25, 0.3) is 5.91 Å². The molecule has 0 radical (unpaired) electrons. The van der Waals surface area contributed by atoms with Crippen molar-refractivity contribution in [3.8, 4) is 11.8 Å². The van der Waals surface area contributed by atoms with Crippen LogP contribution in [0, 0.1) is 23.1 Å². The van der Waals surface area contributed by atoms with Crippen molar-refractivity contribution in [2.24, 2.45) is 5.41 Å². The van der Waals surface area contributed by atoms with E-state index < -0.39 is 11.7 Å². The summed E-state index contributed by atoms with van der Waals surface area (Å²) in [4.78, 5) is 12.0. The van der Waals surface area contributed by atoms with E-state index in [0.717, 1.165) is 6.42 Å². The first-order chi connectivity index (χ1) is 9.44. The minimum absolute atomic E-state index is 0.0156. The molecule has 1 fully saturated rings. The van der Waals surface area contributed by atoms with Gasteiger partial charge in [0.2, 0.25) is 0 Å². The quantitative estimate of drug-likeness (QED) is 0.830. The minimum Gasteiger partial charge on any atom is -0.395 e. The molecule has 1 aliphatic rings. The van der Waals surface area contributed by atoms with E-state index in [0.29, 0.717) is 12.0 Å². The van der Waals surface area contributed by atoms with Crippen LogP contribution in [-0.2, 0) is 0 Å². The van der Waals surface area contributed by atoms with Crippen LogP contribution in [0.2, 0.25) is 0 Å². The number of nitrogens with one attached hydrogen (secondary N) is 1. The van der Waals surface area contributed by atoms with Crippen LogP contribution in [0.1, 0.15) is 42.6 Å². The van der Waals surface area contributed by atoms with Crippen LogP contribution in [0.3, 0.4) is 0 Å². The predicted octanol–water partition coefficient (Wildman–Crippen LogP) is 2.09. The SMILES string of the molecule is CC1(C)CC1NC(=O)c1cc(C#CCCO)ccc1F. The van der Waals surface area contributed by atoms with E-state index >= 15 is 0 Å². The zero-order valence-corrected chi connectivity index (χ0v) is 11.7. The van der Waals surface area contributed by atoms with Gasteiger partial charge >= 0.3 is 0 Å². The molecule has 3 nitrogen and oxygen atoms in total. The van der Waals surface area contributed by atoms with Crippen molar-refractivity contribution in [3.05, 3.63) is 35.1 Å². The van der Waals surface area contributed by atoms with Gasteiger partial charge in [-0.15, -0.1) is 0 Å². The topological polar surface area (TPSA) is 49.3 Å². The largest absolute Gasteiger partial charge is 0.395 e. The molecule has 2 rings (SSSR count). The minimum atomic E-state index is -0.548. The van der Waals surface area contributed by atoms with Crippen LogP contribution in [0.15, 0.2) is 18.2 Å². The molecule has 1 atom stereocenters. The number of hydrogen-bond donors (Lipinski definition) is 2. The third kappa shape index (κ3) is 3.37. The van der Waals surface area contributed by atoms with Crippen LogP contribution < -0.4 is 5.32 Å². The lowest BCUT2D eigenvalue weighted by atomic mass is 10.1. The highest BCUT2D eigenvalue weighted by molar-refractivity contribution is 5.95. The molecule has 106 valence electrons. The monoisotopic (exact) mass is 275 g/mol. The maximum atomic E-state index is 13.7. The molecule has 0 aliphatic heterocycles. The summed E-state index contributed by atoms with van der Waals surface area (Å²) in [6.45, 7) is 4.11.